The number of hydrogen-bond donors (Lipinski definition) is 1. The number of carbonyl (C=O) groups is 2. The Morgan fingerprint density at radius 2 is 1.43 bits per heavy atom. The van der Waals surface area contributed by atoms with E-state index in [2.05, 4.69) is 15.1 Å². The van der Waals surface area contributed by atoms with E-state index in [1.165, 1.54) is 0 Å². The normalized spacial score (nSPS) is 24.3. The lowest BCUT2D eigenvalue weighted by molar-refractivity contribution is -0.132. The lowest BCUT2D eigenvalue weighted by atomic mass is 10.3. The van der Waals surface area contributed by atoms with Gasteiger partial charge in [0.1, 0.15) is 0 Å². The summed E-state index contributed by atoms with van der Waals surface area (Å²) in [6, 6.07) is 0.442. The van der Waals surface area contributed by atoms with Crippen molar-refractivity contribution in [3.63, 3.8) is 0 Å². The van der Waals surface area contributed by atoms with Crippen LogP contribution in [-0.2, 0) is 9.59 Å². The van der Waals surface area contributed by atoms with Crippen molar-refractivity contribution in [1.82, 2.24) is 20.0 Å². The molecule has 3 rings (SSSR count). The molecule has 0 radical (unpaired) electrons. The summed E-state index contributed by atoms with van der Waals surface area (Å²) in [4.78, 5) is 30.3. The van der Waals surface area contributed by atoms with Gasteiger partial charge in [-0.3, -0.25) is 19.4 Å². The topological polar surface area (TPSA) is 55.9 Å². The van der Waals surface area contributed by atoms with Crippen LogP contribution in [0.2, 0.25) is 0 Å². The molecule has 0 atom stereocenters. The largest absolute Gasteiger partial charge is 0.352 e. The highest BCUT2D eigenvalue weighted by Gasteiger charge is 2.26. The third kappa shape index (κ3) is 4.41. The van der Waals surface area contributed by atoms with Crippen LogP contribution < -0.4 is 5.32 Å². The maximum absolute atomic E-state index is 12.1. The molecule has 21 heavy (non-hydrogen) atoms. The molecule has 3 fully saturated rings. The van der Waals surface area contributed by atoms with E-state index < -0.39 is 0 Å². The highest BCUT2D eigenvalue weighted by molar-refractivity contribution is 5.79. The molecule has 1 N–H and O–H groups in total. The van der Waals surface area contributed by atoms with E-state index in [1.54, 1.807) is 0 Å². The van der Waals surface area contributed by atoms with Crippen molar-refractivity contribution in [2.75, 3.05) is 52.4 Å². The number of nitrogens with one attached hydrogen (secondary N) is 1. The first-order valence-corrected chi connectivity index (χ1v) is 8.22. The fourth-order valence-corrected chi connectivity index (χ4v) is 3.07. The molecule has 2 aliphatic heterocycles. The lowest BCUT2D eigenvalue weighted by Gasteiger charge is -2.34. The monoisotopic (exact) mass is 294 g/mol. The van der Waals surface area contributed by atoms with Gasteiger partial charge in [-0.1, -0.05) is 0 Å². The van der Waals surface area contributed by atoms with Crippen LogP contribution in [0.15, 0.2) is 0 Å². The summed E-state index contributed by atoms with van der Waals surface area (Å²) in [5.41, 5.74) is 0. The van der Waals surface area contributed by atoms with Crippen molar-refractivity contribution in [1.29, 1.82) is 0 Å². The van der Waals surface area contributed by atoms with Crippen LogP contribution in [0.25, 0.3) is 0 Å². The zero-order valence-corrected chi connectivity index (χ0v) is 12.7. The van der Waals surface area contributed by atoms with Crippen molar-refractivity contribution in [2.45, 2.75) is 31.7 Å². The predicted octanol–water partition coefficient (Wildman–Crippen LogP) is -0.495. The molecule has 0 bridgehead atoms. The highest BCUT2D eigenvalue weighted by atomic mass is 16.2. The van der Waals surface area contributed by atoms with E-state index in [1.807, 2.05) is 4.90 Å². The quantitative estimate of drug-likeness (QED) is 0.743. The summed E-state index contributed by atoms with van der Waals surface area (Å²) >= 11 is 0. The van der Waals surface area contributed by atoms with Gasteiger partial charge in [0.15, 0.2) is 0 Å². The number of piperazine rings is 1. The summed E-state index contributed by atoms with van der Waals surface area (Å²) in [6.07, 6.45) is 4.57. The van der Waals surface area contributed by atoms with Gasteiger partial charge in [-0.2, -0.15) is 0 Å². The van der Waals surface area contributed by atoms with Crippen LogP contribution in [0.1, 0.15) is 25.7 Å². The highest BCUT2D eigenvalue weighted by Crippen LogP contribution is 2.18. The first-order valence-electron chi connectivity index (χ1n) is 8.22. The summed E-state index contributed by atoms with van der Waals surface area (Å²) in [5.74, 6) is 0.423. The van der Waals surface area contributed by atoms with Crippen LogP contribution in [-0.4, -0.2) is 84.9 Å². The molecule has 0 aromatic heterocycles. The molecule has 3 aliphatic rings. The van der Waals surface area contributed by atoms with Gasteiger partial charge < -0.3 is 10.2 Å². The maximum Gasteiger partial charge on any atom is 0.236 e. The molecule has 2 amide bonds. The third-order valence-electron chi connectivity index (χ3n) is 4.59. The fourth-order valence-electron chi connectivity index (χ4n) is 3.07. The molecule has 1 saturated carbocycles. The summed E-state index contributed by atoms with van der Waals surface area (Å²) in [6.45, 7) is 6.44. The van der Waals surface area contributed by atoms with E-state index >= 15 is 0 Å². The Kier molecular flexibility index (Phi) is 4.75. The molecule has 0 aromatic carbocycles. The van der Waals surface area contributed by atoms with Crippen LogP contribution in [0.4, 0.5) is 0 Å². The van der Waals surface area contributed by atoms with Gasteiger partial charge in [0.05, 0.1) is 13.1 Å². The Morgan fingerprint density at radius 1 is 0.857 bits per heavy atom. The molecule has 0 unspecified atom stereocenters. The van der Waals surface area contributed by atoms with Gasteiger partial charge in [-0.05, 0) is 25.7 Å². The Bertz CT molecular complexity index is 383. The molecule has 6 heteroatoms. The average molecular weight is 294 g/mol. The standard InChI is InChI=1S/C15H26N4O2/c20-14(16-13-3-4-13)11-17-7-9-18(10-8-17)12-15(21)19-5-1-2-6-19/h13H,1-12H2,(H,16,20). The van der Waals surface area contributed by atoms with Gasteiger partial charge in [0.25, 0.3) is 0 Å². The van der Waals surface area contributed by atoms with Gasteiger partial charge >= 0.3 is 0 Å². The minimum Gasteiger partial charge on any atom is -0.352 e. The van der Waals surface area contributed by atoms with Crippen LogP contribution in [0.3, 0.4) is 0 Å². The molecule has 6 nitrogen and oxygen atoms in total. The second kappa shape index (κ2) is 6.75. The first kappa shape index (κ1) is 14.8. The molecular weight excluding hydrogens is 268 g/mol. The number of nitrogens with zero attached hydrogens (tertiary/aromatic N) is 3. The van der Waals surface area contributed by atoms with E-state index in [9.17, 15) is 9.59 Å². The molecule has 1 aliphatic carbocycles. The number of hydrogen-bond acceptors (Lipinski definition) is 4. The zero-order chi connectivity index (χ0) is 14.7. The van der Waals surface area contributed by atoms with Gasteiger partial charge in [0, 0.05) is 45.3 Å². The van der Waals surface area contributed by atoms with E-state index in [4.69, 9.17) is 0 Å². The third-order valence-corrected chi connectivity index (χ3v) is 4.59. The van der Waals surface area contributed by atoms with Crippen molar-refractivity contribution >= 4 is 11.8 Å². The summed E-state index contributed by atoms with van der Waals surface area (Å²) in [7, 11) is 0. The molecule has 0 spiro atoms. The molecule has 0 aromatic rings. The van der Waals surface area contributed by atoms with Crippen molar-refractivity contribution in [2.24, 2.45) is 0 Å². The SMILES string of the molecule is O=C(CN1CCN(CC(=O)N2CCCC2)CC1)NC1CC1. The number of carbonyl (C=O) groups excluding carboxylic acids is 2. The Morgan fingerprint density at radius 3 is 2.00 bits per heavy atom. The number of likely N-dealkylation sites (tertiary alicyclic amines) is 1. The van der Waals surface area contributed by atoms with Gasteiger partial charge in [-0.15, -0.1) is 0 Å². The molecular formula is C15H26N4O2. The van der Waals surface area contributed by atoms with E-state index in [0.717, 1.165) is 65.0 Å². The lowest BCUT2D eigenvalue weighted by Crippen LogP contribution is -2.51. The molecule has 118 valence electrons. The van der Waals surface area contributed by atoms with Crippen molar-refractivity contribution in [3.8, 4) is 0 Å². The van der Waals surface area contributed by atoms with Crippen LogP contribution >= 0.6 is 0 Å². The van der Waals surface area contributed by atoms with E-state index in [-0.39, 0.29) is 11.8 Å². The Hall–Kier alpha value is -1.14. The smallest absolute Gasteiger partial charge is 0.236 e. The second-order valence-electron chi connectivity index (χ2n) is 6.48. The van der Waals surface area contributed by atoms with Crippen LogP contribution in [0.5, 0.6) is 0 Å². The second-order valence-corrected chi connectivity index (χ2v) is 6.48. The zero-order valence-electron chi connectivity index (χ0n) is 12.7. The van der Waals surface area contributed by atoms with Crippen LogP contribution in [0, 0.1) is 0 Å². The summed E-state index contributed by atoms with van der Waals surface area (Å²) < 4.78 is 0. The molecule has 2 saturated heterocycles. The van der Waals surface area contributed by atoms with Crippen molar-refractivity contribution in [3.05, 3.63) is 0 Å². The Labute approximate surface area is 126 Å². The maximum atomic E-state index is 12.1. The average Bonchev–Trinajstić information content (AvgIpc) is 3.10. The predicted molar refractivity (Wildman–Crippen MR) is 79.9 cm³/mol. The first-order chi connectivity index (χ1) is 10.2. The fraction of sp³-hybridized carbons (Fsp3) is 0.867. The van der Waals surface area contributed by atoms with Gasteiger partial charge in [0.2, 0.25) is 11.8 Å². The Balaban J connectivity index is 1.34. The molecule has 2 heterocycles. The number of rotatable bonds is 5. The van der Waals surface area contributed by atoms with E-state index in [0.29, 0.717) is 19.1 Å². The minimum absolute atomic E-state index is 0.152. The minimum atomic E-state index is 0.152. The van der Waals surface area contributed by atoms with Gasteiger partial charge in [-0.25, -0.2) is 0 Å². The summed E-state index contributed by atoms with van der Waals surface area (Å²) in [5, 5.41) is 3.03. The van der Waals surface area contributed by atoms with Crippen molar-refractivity contribution < 1.29 is 9.59 Å². The number of amides is 2.